The quantitative estimate of drug-likeness (QED) is 0.806. The smallest absolute Gasteiger partial charge is 0.145 e. The molecule has 2 nitrogen and oxygen atoms in total. The predicted octanol–water partition coefficient (Wildman–Crippen LogP) is 4.06. The molecule has 1 heterocycles. The third-order valence-electron chi connectivity index (χ3n) is 2.45. The van der Waals surface area contributed by atoms with Crippen LogP contribution >= 0.6 is 27.5 Å². The van der Waals surface area contributed by atoms with E-state index in [4.69, 9.17) is 17.3 Å². The van der Waals surface area contributed by atoms with Crippen LogP contribution in [-0.4, -0.2) is 4.98 Å². The number of aryl methyl sites for hydroxylation is 1. The first-order valence-electron chi connectivity index (χ1n) is 4.76. The van der Waals surface area contributed by atoms with Gasteiger partial charge in [-0.2, -0.15) is 0 Å². The Labute approximate surface area is 108 Å². The molecule has 0 fully saturated rings. The average Bonchev–Trinajstić information content (AvgIpc) is 2.28. The number of anilines is 1. The van der Waals surface area contributed by atoms with Crippen molar-refractivity contribution in [2.75, 3.05) is 5.73 Å². The molecule has 0 aliphatic carbocycles. The highest BCUT2D eigenvalue weighted by atomic mass is 79.9. The van der Waals surface area contributed by atoms with Crippen molar-refractivity contribution < 1.29 is 0 Å². The van der Waals surface area contributed by atoms with Crippen LogP contribution in [0.1, 0.15) is 5.56 Å². The molecule has 0 radical (unpaired) electrons. The normalized spacial score (nSPS) is 10.4. The first kappa shape index (κ1) is 11.4. The summed E-state index contributed by atoms with van der Waals surface area (Å²) in [6.45, 7) is 2.04. The van der Waals surface area contributed by atoms with Crippen molar-refractivity contribution >= 4 is 33.2 Å². The van der Waals surface area contributed by atoms with Gasteiger partial charge >= 0.3 is 0 Å². The van der Waals surface area contributed by atoms with Gasteiger partial charge in [-0.1, -0.05) is 35.9 Å². The molecule has 0 unspecified atom stereocenters. The molecule has 1 aromatic heterocycles. The highest BCUT2D eigenvalue weighted by Gasteiger charge is 2.11. The second-order valence-corrected chi connectivity index (χ2v) is 4.66. The van der Waals surface area contributed by atoms with Crippen molar-refractivity contribution in [1.82, 2.24) is 4.98 Å². The number of hydrogen-bond donors (Lipinski definition) is 1. The van der Waals surface area contributed by atoms with Crippen molar-refractivity contribution in [1.29, 1.82) is 0 Å². The Morgan fingerprint density at radius 3 is 2.62 bits per heavy atom. The van der Waals surface area contributed by atoms with Gasteiger partial charge in [0.05, 0.1) is 10.2 Å². The molecule has 0 spiro atoms. The minimum Gasteiger partial charge on any atom is -0.397 e. The zero-order valence-corrected chi connectivity index (χ0v) is 11.0. The number of aromatic nitrogens is 1. The molecule has 82 valence electrons. The number of pyridine rings is 1. The van der Waals surface area contributed by atoms with Crippen LogP contribution < -0.4 is 5.73 Å². The van der Waals surface area contributed by atoms with Gasteiger partial charge in [0.25, 0.3) is 0 Å². The summed E-state index contributed by atoms with van der Waals surface area (Å²) >= 11 is 9.21. The van der Waals surface area contributed by atoms with E-state index in [0.717, 1.165) is 16.7 Å². The van der Waals surface area contributed by atoms with E-state index in [0.29, 0.717) is 15.3 Å². The Bertz CT molecular complexity index is 541. The minimum atomic E-state index is 0.384. The fourth-order valence-corrected chi connectivity index (χ4v) is 2.03. The van der Waals surface area contributed by atoms with E-state index in [9.17, 15) is 0 Å². The molecule has 2 N–H and O–H groups in total. The van der Waals surface area contributed by atoms with Crippen LogP contribution in [0.5, 0.6) is 0 Å². The molecule has 0 aliphatic heterocycles. The number of nitrogens with zero attached hydrogens (tertiary/aromatic N) is 1. The molecule has 2 aromatic rings. The average molecular weight is 298 g/mol. The van der Waals surface area contributed by atoms with Crippen LogP contribution in [0.4, 0.5) is 5.69 Å². The summed E-state index contributed by atoms with van der Waals surface area (Å²) in [6, 6.07) is 8.03. The first-order chi connectivity index (χ1) is 7.61. The number of hydrogen-bond acceptors (Lipinski definition) is 2. The van der Waals surface area contributed by atoms with Gasteiger partial charge in [-0.25, -0.2) is 4.98 Å². The Morgan fingerprint density at radius 2 is 1.94 bits per heavy atom. The number of nitrogen functional groups attached to an aromatic ring is 1. The number of rotatable bonds is 1. The maximum absolute atomic E-state index is 6.01. The van der Waals surface area contributed by atoms with Crippen molar-refractivity contribution in [3.05, 3.63) is 45.7 Å². The summed E-state index contributed by atoms with van der Waals surface area (Å²) in [5.74, 6) is 0. The van der Waals surface area contributed by atoms with Crippen LogP contribution in [0.3, 0.4) is 0 Å². The SMILES string of the molecule is Cc1ccccc1-c1cnc(Cl)c(Br)c1N. The summed E-state index contributed by atoms with van der Waals surface area (Å²) in [4.78, 5) is 4.10. The standard InChI is InChI=1S/C12H10BrClN2/c1-7-4-2-3-5-8(7)9-6-16-12(14)10(13)11(9)15/h2-6H,1H3,(H2,15,16). The van der Waals surface area contributed by atoms with Crippen molar-refractivity contribution in [2.24, 2.45) is 0 Å². The highest BCUT2D eigenvalue weighted by molar-refractivity contribution is 9.10. The third-order valence-corrected chi connectivity index (χ3v) is 3.77. The van der Waals surface area contributed by atoms with Gasteiger partial charge in [0.1, 0.15) is 5.15 Å². The lowest BCUT2D eigenvalue weighted by Gasteiger charge is -2.10. The molecule has 0 aliphatic rings. The van der Waals surface area contributed by atoms with E-state index in [-0.39, 0.29) is 0 Å². The molecule has 0 amide bonds. The molecular weight excluding hydrogens is 288 g/mol. The molecular formula is C12H10BrClN2. The highest BCUT2D eigenvalue weighted by Crippen LogP contribution is 2.35. The maximum Gasteiger partial charge on any atom is 0.145 e. The number of nitrogens with two attached hydrogens (primary N) is 1. The van der Waals surface area contributed by atoms with Gasteiger partial charge in [0.2, 0.25) is 0 Å². The zero-order valence-electron chi connectivity index (χ0n) is 8.67. The van der Waals surface area contributed by atoms with E-state index in [1.165, 1.54) is 0 Å². The summed E-state index contributed by atoms with van der Waals surface area (Å²) < 4.78 is 0.648. The largest absolute Gasteiger partial charge is 0.397 e. The van der Waals surface area contributed by atoms with Crippen molar-refractivity contribution in [3.63, 3.8) is 0 Å². The lowest BCUT2D eigenvalue weighted by molar-refractivity contribution is 1.30. The zero-order chi connectivity index (χ0) is 11.7. The molecule has 0 saturated heterocycles. The Balaban J connectivity index is 2.66. The van der Waals surface area contributed by atoms with Crippen LogP contribution in [0.15, 0.2) is 34.9 Å². The summed E-state index contributed by atoms with van der Waals surface area (Å²) in [7, 11) is 0. The van der Waals surface area contributed by atoms with Crippen LogP contribution in [-0.2, 0) is 0 Å². The van der Waals surface area contributed by atoms with E-state index >= 15 is 0 Å². The molecule has 0 atom stereocenters. The topological polar surface area (TPSA) is 38.9 Å². The van der Waals surface area contributed by atoms with E-state index in [2.05, 4.69) is 20.9 Å². The third kappa shape index (κ3) is 1.93. The number of halogens is 2. The summed E-state index contributed by atoms with van der Waals surface area (Å²) in [6.07, 6.45) is 1.70. The van der Waals surface area contributed by atoms with Gasteiger partial charge in [0.15, 0.2) is 0 Å². The van der Waals surface area contributed by atoms with Gasteiger partial charge < -0.3 is 5.73 Å². The fraction of sp³-hybridized carbons (Fsp3) is 0.0833. The second-order valence-electron chi connectivity index (χ2n) is 3.51. The van der Waals surface area contributed by atoms with Crippen molar-refractivity contribution in [2.45, 2.75) is 6.92 Å². The second kappa shape index (κ2) is 4.44. The molecule has 2 rings (SSSR count). The summed E-state index contributed by atoms with van der Waals surface area (Å²) in [5.41, 5.74) is 9.76. The van der Waals surface area contributed by atoms with E-state index < -0.39 is 0 Å². The van der Waals surface area contributed by atoms with Crippen LogP contribution in [0, 0.1) is 6.92 Å². The van der Waals surface area contributed by atoms with Gasteiger partial charge in [0, 0.05) is 11.8 Å². The van der Waals surface area contributed by atoms with E-state index in [1.807, 2.05) is 31.2 Å². The molecule has 1 aromatic carbocycles. The Kier molecular flexibility index (Phi) is 3.17. The molecule has 4 heteroatoms. The Hall–Kier alpha value is -1.06. The maximum atomic E-state index is 6.01. The lowest BCUT2D eigenvalue weighted by Crippen LogP contribution is -1.95. The summed E-state index contributed by atoms with van der Waals surface area (Å²) in [5, 5.41) is 0.384. The molecule has 0 saturated carbocycles. The number of benzene rings is 1. The predicted molar refractivity (Wildman–Crippen MR) is 71.5 cm³/mol. The van der Waals surface area contributed by atoms with Gasteiger partial charge in [-0.15, -0.1) is 0 Å². The van der Waals surface area contributed by atoms with Crippen LogP contribution in [0.2, 0.25) is 5.15 Å². The van der Waals surface area contributed by atoms with Gasteiger partial charge in [-0.05, 0) is 34.0 Å². The van der Waals surface area contributed by atoms with E-state index in [1.54, 1.807) is 6.20 Å². The minimum absolute atomic E-state index is 0.384. The molecule has 0 bridgehead atoms. The van der Waals surface area contributed by atoms with Crippen molar-refractivity contribution in [3.8, 4) is 11.1 Å². The first-order valence-corrected chi connectivity index (χ1v) is 5.94. The Morgan fingerprint density at radius 1 is 1.25 bits per heavy atom. The molecule has 16 heavy (non-hydrogen) atoms. The fourth-order valence-electron chi connectivity index (χ4n) is 1.57. The van der Waals surface area contributed by atoms with Gasteiger partial charge in [-0.3, -0.25) is 0 Å². The monoisotopic (exact) mass is 296 g/mol. The lowest BCUT2D eigenvalue weighted by atomic mass is 10.0. The van der Waals surface area contributed by atoms with Crippen LogP contribution in [0.25, 0.3) is 11.1 Å².